The highest BCUT2D eigenvalue weighted by atomic mass is 16.5. The van der Waals surface area contributed by atoms with E-state index in [1.54, 1.807) is 0 Å². The van der Waals surface area contributed by atoms with Gasteiger partial charge < -0.3 is 14.6 Å². The lowest BCUT2D eigenvalue weighted by molar-refractivity contribution is -0.140. The third-order valence-corrected chi connectivity index (χ3v) is 4.94. The summed E-state index contributed by atoms with van der Waals surface area (Å²) >= 11 is 0. The van der Waals surface area contributed by atoms with Crippen LogP contribution in [0.5, 0.6) is 0 Å². The van der Waals surface area contributed by atoms with E-state index in [0.717, 1.165) is 32.1 Å². The second-order valence-corrected chi connectivity index (χ2v) is 7.71. The summed E-state index contributed by atoms with van der Waals surface area (Å²) < 4.78 is 9.18. The number of carbonyl (C=O) groups excluding carboxylic acids is 2. The number of methoxy groups -OCH3 is 2. The lowest BCUT2D eigenvalue weighted by atomic mass is 9.90. The van der Waals surface area contributed by atoms with Gasteiger partial charge in [-0.2, -0.15) is 5.11 Å². The van der Waals surface area contributed by atoms with Gasteiger partial charge in [-0.25, -0.2) is 4.79 Å². The number of aliphatic hydroxyl groups excluding tert-OH is 1. The molecule has 0 aliphatic carbocycles. The maximum atomic E-state index is 12.0. The van der Waals surface area contributed by atoms with Gasteiger partial charge in [0.15, 0.2) is 0 Å². The van der Waals surface area contributed by atoms with Crippen molar-refractivity contribution in [3.63, 3.8) is 0 Å². The van der Waals surface area contributed by atoms with Crippen LogP contribution >= 0.6 is 0 Å². The molecular formula is C22H40N2O5. The molecule has 29 heavy (non-hydrogen) atoms. The molecule has 0 bridgehead atoms. The third-order valence-electron chi connectivity index (χ3n) is 4.94. The topological polar surface area (TPSA) is 97.5 Å². The first-order chi connectivity index (χ1) is 13.8. The van der Waals surface area contributed by atoms with Crippen LogP contribution in [0.1, 0.15) is 97.8 Å². The Bertz CT molecular complexity index is 545. The van der Waals surface area contributed by atoms with Crippen molar-refractivity contribution >= 4 is 11.9 Å². The molecule has 0 aliphatic heterocycles. The summed E-state index contributed by atoms with van der Waals surface area (Å²) in [6, 6.07) is 0. The first kappa shape index (κ1) is 27.1. The van der Waals surface area contributed by atoms with Crippen molar-refractivity contribution in [2.45, 2.75) is 103 Å². The zero-order valence-electron chi connectivity index (χ0n) is 19.0. The maximum absolute atomic E-state index is 12.0. The van der Waals surface area contributed by atoms with E-state index in [1.807, 2.05) is 6.92 Å². The zero-order chi connectivity index (χ0) is 22.1. The maximum Gasteiger partial charge on any atom is 0.362 e. The second-order valence-electron chi connectivity index (χ2n) is 7.71. The Labute approximate surface area is 176 Å². The highest BCUT2D eigenvalue weighted by molar-refractivity contribution is 5.89. The van der Waals surface area contributed by atoms with E-state index in [0.29, 0.717) is 0 Å². The fraction of sp³-hybridized carbons (Fsp3) is 0.818. The first-order valence-corrected chi connectivity index (χ1v) is 10.8. The Kier molecular flexibility index (Phi) is 14.9. The van der Waals surface area contributed by atoms with Crippen molar-refractivity contribution in [3.8, 4) is 0 Å². The molecule has 0 aromatic carbocycles. The molecular weight excluding hydrogens is 372 g/mol. The average molecular weight is 413 g/mol. The molecule has 1 atom stereocenters. The Morgan fingerprint density at radius 2 is 1.45 bits per heavy atom. The van der Waals surface area contributed by atoms with Crippen molar-refractivity contribution in [2.75, 3.05) is 14.2 Å². The Morgan fingerprint density at radius 3 is 1.97 bits per heavy atom. The minimum atomic E-state index is -0.832. The van der Waals surface area contributed by atoms with Gasteiger partial charge >= 0.3 is 11.9 Å². The SMILES string of the molecule is CCCCCCCCCC[C@@](C)(CCC)N=NC(C(=O)OC)=C(O)CC(=O)OC. The van der Waals surface area contributed by atoms with Gasteiger partial charge in [-0.1, -0.05) is 71.6 Å². The predicted octanol–water partition coefficient (Wildman–Crippen LogP) is 6.03. The summed E-state index contributed by atoms with van der Waals surface area (Å²) in [7, 11) is 2.39. The van der Waals surface area contributed by atoms with Gasteiger partial charge in [0.1, 0.15) is 12.2 Å². The van der Waals surface area contributed by atoms with Crippen LogP contribution in [0.25, 0.3) is 0 Å². The highest BCUT2D eigenvalue weighted by Gasteiger charge is 2.25. The predicted molar refractivity (Wildman–Crippen MR) is 114 cm³/mol. The Balaban J connectivity index is 4.95. The number of ether oxygens (including phenoxy) is 2. The van der Waals surface area contributed by atoms with Crippen molar-refractivity contribution in [1.82, 2.24) is 0 Å². The van der Waals surface area contributed by atoms with Gasteiger partial charge in [0.25, 0.3) is 0 Å². The smallest absolute Gasteiger partial charge is 0.362 e. The van der Waals surface area contributed by atoms with Crippen molar-refractivity contribution in [3.05, 3.63) is 11.5 Å². The molecule has 0 amide bonds. The van der Waals surface area contributed by atoms with E-state index >= 15 is 0 Å². The normalized spacial score (nSPS) is 14.4. The minimum Gasteiger partial charge on any atom is -0.509 e. The highest BCUT2D eigenvalue weighted by Crippen LogP contribution is 2.27. The summed E-state index contributed by atoms with van der Waals surface area (Å²) in [6.45, 7) is 6.31. The lowest BCUT2D eigenvalue weighted by Crippen LogP contribution is -2.21. The number of nitrogens with zero attached hydrogens (tertiary/aromatic N) is 2. The summed E-state index contributed by atoms with van der Waals surface area (Å²) in [5.74, 6) is -2.01. The molecule has 0 aromatic rings. The zero-order valence-corrected chi connectivity index (χ0v) is 19.0. The fourth-order valence-electron chi connectivity index (χ4n) is 3.18. The fourth-order valence-corrected chi connectivity index (χ4v) is 3.18. The van der Waals surface area contributed by atoms with E-state index < -0.39 is 29.7 Å². The molecule has 0 heterocycles. The molecule has 7 nitrogen and oxygen atoms in total. The molecule has 0 spiro atoms. The molecule has 0 saturated carbocycles. The number of hydrogen-bond donors (Lipinski definition) is 1. The van der Waals surface area contributed by atoms with E-state index in [9.17, 15) is 14.7 Å². The van der Waals surface area contributed by atoms with E-state index in [4.69, 9.17) is 0 Å². The summed E-state index contributed by atoms with van der Waals surface area (Å²) in [4.78, 5) is 23.3. The van der Waals surface area contributed by atoms with Crippen LogP contribution in [-0.2, 0) is 19.1 Å². The van der Waals surface area contributed by atoms with Crippen molar-refractivity contribution < 1.29 is 24.2 Å². The molecule has 0 fully saturated rings. The van der Waals surface area contributed by atoms with Gasteiger partial charge in [0, 0.05) is 0 Å². The lowest BCUT2D eigenvalue weighted by Gasteiger charge is -2.23. The third kappa shape index (κ3) is 12.3. The van der Waals surface area contributed by atoms with Crippen LogP contribution in [0.15, 0.2) is 21.7 Å². The summed E-state index contributed by atoms with van der Waals surface area (Å²) in [5.41, 5.74) is -0.780. The molecule has 0 rings (SSSR count). The molecule has 0 unspecified atom stereocenters. The number of carbonyl (C=O) groups is 2. The Morgan fingerprint density at radius 1 is 0.862 bits per heavy atom. The molecule has 7 heteroatoms. The molecule has 0 aliphatic rings. The van der Waals surface area contributed by atoms with Crippen LogP contribution in [0.2, 0.25) is 0 Å². The number of hydrogen-bond acceptors (Lipinski definition) is 7. The van der Waals surface area contributed by atoms with Crippen molar-refractivity contribution in [2.24, 2.45) is 10.2 Å². The quantitative estimate of drug-likeness (QED) is 0.110. The second kappa shape index (κ2) is 15.9. The van der Waals surface area contributed by atoms with Crippen LogP contribution in [0.3, 0.4) is 0 Å². The summed E-state index contributed by atoms with van der Waals surface area (Å²) in [6.07, 6.45) is 12.0. The van der Waals surface area contributed by atoms with Gasteiger partial charge in [0.05, 0.1) is 19.8 Å². The number of azo groups is 1. The molecule has 0 radical (unpaired) electrons. The summed E-state index contributed by atoms with van der Waals surface area (Å²) in [5, 5.41) is 18.5. The monoisotopic (exact) mass is 412 g/mol. The van der Waals surface area contributed by atoms with Gasteiger partial charge in [-0.05, 0) is 19.8 Å². The first-order valence-electron chi connectivity index (χ1n) is 10.8. The molecule has 168 valence electrons. The Hall–Kier alpha value is -1.92. The molecule has 0 saturated heterocycles. The van der Waals surface area contributed by atoms with E-state index in [2.05, 4.69) is 33.5 Å². The minimum absolute atomic E-state index is 0.351. The standard InChI is InChI=1S/C22H40N2O5/c1-6-8-9-10-11-12-13-14-16-22(3,15-7-2)24-23-20(21(27)29-5)18(25)17-19(26)28-4/h25H,6-17H2,1-5H3/t22-/m1/s1. The van der Waals surface area contributed by atoms with Crippen molar-refractivity contribution in [1.29, 1.82) is 0 Å². The van der Waals surface area contributed by atoms with Gasteiger partial charge in [-0.3, -0.25) is 4.79 Å². The average Bonchev–Trinajstić information content (AvgIpc) is 2.69. The number of esters is 2. The van der Waals surface area contributed by atoms with Crippen LogP contribution in [-0.4, -0.2) is 36.8 Å². The van der Waals surface area contributed by atoms with Crippen LogP contribution in [0.4, 0.5) is 0 Å². The van der Waals surface area contributed by atoms with Crippen LogP contribution in [0, 0.1) is 0 Å². The molecule has 0 aromatic heterocycles. The van der Waals surface area contributed by atoms with Crippen LogP contribution < -0.4 is 0 Å². The van der Waals surface area contributed by atoms with E-state index in [-0.39, 0.29) is 5.70 Å². The number of aliphatic hydroxyl groups is 1. The number of unbranched alkanes of at least 4 members (excludes halogenated alkanes) is 7. The van der Waals surface area contributed by atoms with Gasteiger partial charge in [0.2, 0.25) is 5.70 Å². The molecule has 1 N–H and O–H groups in total. The largest absolute Gasteiger partial charge is 0.509 e. The van der Waals surface area contributed by atoms with Gasteiger partial charge in [-0.15, -0.1) is 5.11 Å². The number of rotatable bonds is 16. The van der Waals surface area contributed by atoms with E-state index in [1.165, 1.54) is 52.7 Å².